The Hall–Kier alpha value is -2.45. The minimum Gasteiger partial charge on any atom is -0.497 e. The summed E-state index contributed by atoms with van der Waals surface area (Å²) in [7, 11) is 1.65. The third-order valence-electron chi connectivity index (χ3n) is 4.05. The summed E-state index contributed by atoms with van der Waals surface area (Å²) < 4.78 is 10.6. The summed E-state index contributed by atoms with van der Waals surface area (Å²) in [6.45, 7) is 4.98. The van der Waals surface area contributed by atoms with Crippen molar-refractivity contribution in [3.05, 3.63) is 35.4 Å². The number of morpholine rings is 1. The number of nitrogens with one attached hydrogen (secondary N) is 1. The highest BCUT2D eigenvalue weighted by Crippen LogP contribution is 2.33. The van der Waals surface area contributed by atoms with Gasteiger partial charge in [-0.15, -0.1) is 0 Å². The number of H-pyrrole nitrogens is 1. The molecule has 22 heavy (non-hydrogen) atoms. The molecule has 1 fully saturated rings. The molecule has 5 nitrogen and oxygen atoms in total. The number of aromatic amines is 1. The number of anilines is 1. The van der Waals surface area contributed by atoms with Gasteiger partial charge >= 0.3 is 0 Å². The number of hydrogen-bond acceptors (Lipinski definition) is 4. The molecule has 0 spiro atoms. The Morgan fingerprint density at radius 2 is 1.91 bits per heavy atom. The van der Waals surface area contributed by atoms with Crippen LogP contribution in [0.25, 0.3) is 11.3 Å². The molecule has 2 heterocycles. The number of nitriles is 1. The largest absolute Gasteiger partial charge is 0.497 e. The van der Waals surface area contributed by atoms with Crippen LogP contribution in [0, 0.1) is 18.3 Å². The van der Waals surface area contributed by atoms with Crippen molar-refractivity contribution < 1.29 is 9.47 Å². The van der Waals surface area contributed by atoms with Gasteiger partial charge in [-0.25, -0.2) is 0 Å². The number of ether oxygens (including phenoxy) is 2. The molecule has 0 bridgehead atoms. The van der Waals surface area contributed by atoms with Gasteiger partial charge in [-0.3, -0.25) is 0 Å². The van der Waals surface area contributed by atoms with E-state index in [4.69, 9.17) is 9.47 Å². The maximum Gasteiger partial charge on any atom is 0.125 e. The predicted octanol–water partition coefficient (Wildman–Crippen LogP) is 2.71. The zero-order valence-electron chi connectivity index (χ0n) is 12.8. The van der Waals surface area contributed by atoms with Crippen LogP contribution in [-0.2, 0) is 4.74 Å². The average Bonchev–Trinajstić information content (AvgIpc) is 2.92. The van der Waals surface area contributed by atoms with Gasteiger partial charge in [-0.2, -0.15) is 5.26 Å². The van der Waals surface area contributed by atoms with Crippen LogP contribution in [-0.4, -0.2) is 38.4 Å². The van der Waals surface area contributed by atoms with Crippen molar-refractivity contribution in [3.63, 3.8) is 0 Å². The first-order valence-electron chi connectivity index (χ1n) is 7.34. The van der Waals surface area contributed by atoms with Crippen LogP contribution in [0.15, 0.2) is 24.3 Å². The van der Waals surface area contributed by atoms with Crippen molar-refractivity contribution >= 4 is 5.82 Å². The summed E-state index contributed by atoms with van der Waals surface area (Å²) in [4.78, 5) is 5.61. The first-order chi connectivity index (χ1) is 10.7. The van der Waals surface area contributed by atoms with Crippen LogP contribution in [0.5, 0.6) is 5.75 Å². The quantitative estimate of drug-likeness (QED) is 0.946. The normalized spacial score (nSPS) is 14.7. The molecule has 1 N–H and O–H groups in total. The number of aromatic nitrogens is 1. The highest BCUT2D eigenvalue weighted by molar-refractivity contribution is 5.74. The summed E-state index contributed by atoms with van der Waals surface area (Å²) in [6.07, 6.45) is 0. The zero-order chi connectivity index (χ0) is 15.5. The van der Waals surface area contributed by atoms with Crippen LogP contribution in [0.4, 0.5) is 5.82 Å². The Balaban J connectivity index is 2.01. The Morgan fingerprint density at radius 1 is 1.23 bits per heavy atom. The maximum absolute atomic E-state index is 9.52. The molecule has 1 aliphatic rings. The van der Waals surface area contributed by atoms with Gasteiger partial charge in [0.1, 0.15) is 17.6 Å². The van der Waals surface area contributed by atoms with E-state index in [-0.39, 0.29) is 0 Å². The predicted molar refractivity (Wildman–Crippen MR) is 85.3 cm³/mol. The van der Waals surface area contributed by atoms with Gasteiger partial charge in [0, 0.05) is 13.1 Å². The molecule has 5 heteroatoms. The van der Waals surface area contributed by atoms with Crippen LogP contribution in [0.2, 0.25) is 0 Å². The van der Waals surface area contributed by atoms with Crippen molar-refractivity contribution in [1.82, 2.24) is 4.98 Å². The standard InChI is InChI=1S/C17H19N3O2/c1-12-15(11-18)17(20-7-9-22-10-8-20)19-16(12)13-3-5-14(21-2)6-4-13/h3-6,19H,7-10H2,1-2H3. The summed E-state index contributed by atoms with van der Waals surface area (Å²) in [5.74, 6) is 1.72. The van der Waals surface area contributed by atoms with Crippen LogP contribution < -0.4 is 9.64 Å². The van der Waals surface area contributed by atoms with E-state index in [2.05, 4.69) is 16.0 Å². The Labute approximate surface area is 130 Å². The molecule has 2 aromatic rings. The molecule has 3 rings (SSSR count). The fourth-order valence-corrected chi connectivity index (χ4v) is 2.78. The van der Waals surface area contributed by atoms with Crippen molar-refractivity contribution in [3.8, 4) is 23.1 Å². The van der Waals surface area contributed by atoms with Crippen molar-refractivity contribution in [2.75, 3.05) is 38.3 Å². The van der Waals surface area contributed by atoms with E-state index >= 15 is 0 Å². The number of nitrogens with zero attached hydrogens (tertiary/aromatic N) is 2. The number of rotatable bonds is 3. The molecule has 114 valence electrons. The lowest BCUT2D eigenvalue weighted by Crippen LogP contribution is -2.36. The molecule has 0 unspecified atom stereocenters. The van der Waals surface area contributed by atoms with E-state index in [0.717, 1.165) is 41.5 Å². The molecular formula is C17H19N3O2. The summed E-state index contributed by atoms with van der Waals surface area (Å²) in [5, 5.41) is 9.52. The second-order valence-corrected chi connectivity index (χ2v) is 5.29. The molecule has 0 aliphatic carbocycles. The molecule has 1 saturated heterocycles. The molecule has 0 amide bonds. The third kappa shape index (κ3) is 2.53. The van der Waals surface area contributed by atoms with E-state index in [1.54, 1.807) is 7.11 Å². The van der Waals surface area contributed by atoms with Gasteiger partial charge in [0.2, 0.25) is 0 Å². The van der Waals surface area contributed by atoms with Gasteiger partial charge in [0.25, 0.3) is 0 Å². The fraction of sp³-hybridized carbons (Fsp3) is 0.353. The van der Waals surface area contributed by atoms with Crippen LogP contribution >= 0.6 is 0 Å². The number of methoxy groups -OCH3 is 1. The number of hydrogen-bond donors (Lipinski definition) is 1. The maximum atomic E-state index is 9.52. The van der Waals surface area contributed by atoms with E-state index in [1.807, 2.05) is 31.2 Å². The van der Waals surface area contributed by atoms with Gasteiger partial charge in [0.05, 0.1) is 31.6 Å². The second kappa shape index (κ2) is 6.12. The van der Waals surface area contributed by atoms with E-state index in [9.17, 15) is 5.26 Å². The lowest BCUT2D eigenvalue weighted by atomic mass is 10.1. The first-order valence-corrected chi connectivity index (χ1v) is 7.34. The molecule has 0 saturated carbocycles. The fourth-order valence-electron chi connectivity index (χ4n) is 2.78. The monoisotopic (exact) mass is 297 g/mol. The summed E-state index contributed by atoms with van der Waals surface area (Å²) >= 11 is 0. The zero-order valence-corrected chi connectivity index (χ0v) is 12.8. The Morgan fingerprint density at radius 3 is 2.50 bits per heavy atom. The Kier molecular flexibility index (Phi) is 4.03. The number of benzene rings is 1. The van der Waals surface area contributed by atoms with Crippen molar-refractivity contribution in [1.29, 1.82) is 5.26 Å². The molecule has 0 atom stereocenters. The third-order valence-corrected chi connectivity index (χ3v) is 4.05. The lowest BCUT2D eigenvalue weighted by molar-refractivity contribution is 0.122. The van der Waals surface area contributed by atoms with Gasteiger partial charge in [-0.05, 0) is 42.3 Å². The molecule has 0 radical (unpaired) electrons. The topological polar surface area (TPSA) is 61.3 Å². The second-order valence-electron chi connectivity index (χ2n) is 5.29. The molecular weight excluding hydrogens is 278 g/mol. The Bertz CT molecular complexity index is 692. The van der Waals surface area contributed by atoms with E-state index < -0.39 is 0 Å². The van der Waals surface area contributed by atoms with Crippen molar-refractivity contribution in [2.24, 2.45) is 0 Å². The van der Waals surface area contributed by atoms with Crippen LogP contribution in [0.1, 0.15) is 11.1 Å². The van der Waals surface area contributed by atoms with E-state index in [0.29, 0.717) is 18.8 Å². The lowest BCUT2D eigenvalue weighted by Gasteiger charge is -2.27. The van der Waals surface area contributed by atoms with E-state index in [1.165, 1.54) is 0 Å². The minimum atomic E-state index is 0.695. The highest BCUT2D eigenvalue weighted by atomic mass is 16.5. The molecule has 1 aromatic heterocycles. The van der Waals surface area contributed by atoms with Crippen molar-refractivity contribution in [2.45, 2.75) is 6.92 Å². The SMILES string of the molecule is COc1ccc(-c2[nH]c(N3CCOCC3)c(C#N)c2C)cc1. The average molecular weight is 297 g/mol. The summed E-state index contributed by atoms with van der Waals surface area (Å²) in [5.41, 5.74) is 3.73. The first kappa shape index (κ1) is 14.5. The van der Waals surface area contributed by atoms with Crippen LogP contribution in [0.3, 0.4) is 0 Å². The highest BCUT2D eigenvalue weighted by Gasteiger charge is 2.21. The summed E-state index contributed by atoms with van der Waals surface area (Å²) in [6, 6.07) is 10.2. The van der Waals surface area contributed by atoms with Gasteiger partial charge in [-0.1, -0.05) is 0 Å². The minimum absolute atomic E-state index is 0.695. The van der Waals surface area contributed by atoms with Gasteiger partial charge < -0.3 is 19.4 Å². The molecule has 1 aromatic carbocycles. The smallest absolute Gasteiger partial charge is 0.125 e. The van der Waals surface area contributed by atoms with Gasteiger partial charge in [0.15, 0.2) is 0 Å². The molecule has 1 aliphatic heterocycles.